The molecule has 142 valence electrons. The van der Waals surface area contributed by atoms with E-state index in [1.165, 1.54) is 12.4 Å². The Morgan fingerprint density at radius 1 is 1.30 bits per heavy atom. The maximum Gasteiger partial charge on any atom is 0.418 e. The molecule has 0 aliphatic heterocycles. The summed E-state index contributed by atoms with van der Waals surface area (Å²) in [6, 6.07) is 1.85. The van der Waals surface area contributed by atoms with Crippen LogP contribution >= 0.6 is 0 Å². The van der Waals surface area contributed by atoms with Crippen molar-refractivity contribution in [1.82, 2.24) is 9.97 Å². The van der Waals surface area contributed by atoms with Crippen LogP contribution in [-0.4, -0.2) is 32.9 Å². The number of rotatable bonds is 5. The minimum atomic E-state index is -4.95. The lowest BCUT2D eigenvalue weighted by Crippen LogP contribution is -2.31. The number of anilines is 1. The topological polar surface area (TPSA) is 124 Å². The zero-order valence-corrected chi connectivity index (χ0v) is 13.6. The van der Waals surface area contributed by atoms with Gasteiger partial charge in [0, 0.05) is 24.5 Å². The van der Waals surface area contributed by atoms with Crippen LogP contribution in [0.4, 0.5) is 24.5 Å². The predicted octanol–water partition coefficient (Wildman–Crippen LogP) is 2.59. The highest BCUT2D eigenvalue weighted by molar-refractivity contribution is 5.97. The van der Waals surface area contributed by atoms with E-state index in [0.29, 0.717) is 6.07 Å². The summed E-state index contributed by atoms with van der Waals surface area (Å²) in [4.78, 5) is 40.8. The number of nitrogens with zero attached hydrogens (tertiary/aromatic N) is 3. The van der Waals surface area contributed by atoms with Crippen molar-refractivity contribution in [3.63, 3.8) is 0 Å². The van der Waals surface area contributed by atoms with Crippen LogP contribution in [0.25, 0.3) is 0 Å². The van der Waals surface area contributed by atoms with Gasteiger partial charge in [0.05, 0.1) is 22.4 Å². The monoisotopic (exact) mass is 384 g/mol. The van der Waals surface area contributed by atoms with Crippen molar-refractivity contribution >= 4 is 23.3 Å². The number of esters is 1. The molecule has 0 unspecified atom stereocenters. The minimum absolute atomic E-state index is 0.191. The molecule has 0 saturated carbocycles. The minimum Gasteiger partial charge on any atom is -0.448 e. The van der Waals surface area contributed by atoms with E-state index in [0.717, 1.165) is 25.3 Å². The van der Waals surface area contributed by atoms with Gasteiger partial charge in [0.2, 0.25) is 0 Å². The third kappa shape index (κ3) is 4.96. The van der Waals surface area contributed by atoms with E-state index in [-0.39, 0.29) is 5.69 Å². The van der Waals surface area contributed by atoms with E-state index in [1.54, 1.807) is 0 Å². The van der Waals surface area contributed by atoms with Gasteiger partial charge in [-0.1, -0.05) is 0 Å². The number of nitro groups is 1. The Labute approximate surface area is 149 Å². The van der Waals surface area contributed by atoms with Gasteiger partial charge in [-0.15, -0.1) is 0 Å². The Hall–Kier alpha value is -3.57. The second-order valence-electron chi connectivity index (χ2n) is 5.11. The highest BCUT2D eigenvalue weighted by Crippen LogP contribution is 2.37. The van der Waals surface area contributed by atoms with E-state index in [4.69, 9.17) is 4.74 Å². The van der Waals surface area contributed by atoms with Crippen molar-refractivity contribution in [2.24, 2.45) is 0 Å². The first-order valence-electron chi connectivity index (χ1n) is 7.23. The summed E-state index contributed by atoms with van der Waals surface area (Å²) in [5.41, 5.74) is -3.09. The molecule has 1 atom stereocenters. The SMILES string of the molecule is C[C@@H](OC(=O)c1cnccn1)C(=O)Nc1ccc([N+](=O)[O-])cc1C(F)(F)F. The Balaban J connectivity index is 2.17. The molecule has 0 radical (unpaired) electrons. The molecule has 12 heteroatoms. The van der Waals surface area contributed by atoms with Crippen LogP contribution in [-0.2, 0) is 15.7 Å². The van der Waals surface area contributed by atoms with Gasteiger partial charge < -0.3 is 10.1 Å². The molecule has 1 amide bonds. The van der Waals surface area contributed by atoms with Crippen molar-refractivity contribution in [2.45, 2.75) is 19.2 Å². The number of carbonyl (C=O) groups excluding carboxylic acids is 2. The molecule has 1 aromatic carbocycles. The molecule has 27 heavy (non-hydrogen) atoms. The Kier molecular flexibility index (Phi) is 5.68. The Bertz CT molecular complexity index is 874. The van der Waals surface area contributed by atoms with Crippen LogP contribution in [0.5, 0.6) is 0 Å². The molecule has 2 aromatic rings. The van der Waals surface area contributed by atoms with E-state index in [1.807, 2.05) is 5.32 Å². The number of aromatic nitrogens is 2. The lowest BCUT2D eigenvalue weighted by Gasteiger charge is -2.16. The number of amides is 1. The van der Waals surface area contributed by atoms with Crippen LogP contribution < -0.4 is 5.32 Å². The number of halogens is 3. The fraction of sp³-hybridized carbons (Fsp3) is 0.200. The van der Waals surface area contributed by atoms with Crippen LogP contribution in [0, 0.1) is 10.1 Å². The molecule has 0 aliphatic carbocycles. The number of carbonyl (C=O) groups is 2. The highest BCUT2D eigenvalue weighted by Gasteiger charge is 2.36. The predicted molar refractivity (Wildman–Crippen MR) is 83.6 cm³/mol. The Morgan fingerprint density at radius 2 is 2.00 bits per heavy atom. The van der Waals surface area contributed by atoms with E-state index >= 15 is 0 Å². The van der Waals surface area contributed by atoms with Gasteiger partial charge in [0.1, 0.15) is 0 Å². The molecule has 1 aromatic heterocycles. The molecule has 0 bridgehead atoms. The molecule has 1 heterocycles. The summed E-state index contributed by atoms with van der Waals surface area (Å²) < 4.78 is 44.1. The molecule has 9 nitrogen and oxygen atoms in total. The number of hydrogen-bond acceptors (Lipinski definition) is 7. The molecule has 0 fully saturated rings. The van der Waals surface area contributed by atoms with Gasteiger partial charge in [-0.2, -0.15) is 13.2 Å². The number of benzene rings is 1. The summed E-state index contributed by atoms with van der Waals surface area (Å²) in [7, 11) is 0. The van der Waals surface area contributed by atoms with Gasteiger partial charge in [0.15, 0.2) is 11.8 Å². The fourth-order valence-electron chi connectivity index (χ4n) is 1.90. The van der Waals surface area contributed by atoms with Crippen LogP contribution in [0.2, 0.25) is 0 Å². The van der Waals surface area contributed by atoms with Gasteiger partial charge in [-0.05, 0) is 13.0 Å². The zero-order chi connectivity index (χ0) is 20.2. The number of ether oxygens (including phenoxy) is 1. The molecule has 2 rings (SSSR count). The average molecular weight is 384 g/mol. The van der Waals surface area contributed by atoms with Crippen molar-refractivity contribution in [3.05, 3.63) is 58.2 Å². The zero-order valence-electron chi connectivity index (χ0n) is 13.6. The lowest BCUT2D eigenvalue weighted by molar-refractivity contribution is -0.385. The third-order valence-corrected chi connectivity index (χ3v) is 3.20. The lowest BCUT2D eigenvalue weighted by atomic mass is 10.1. The van der Waals surface area contributed by atoms with Gasteiger partial charge in [-0.25, -0.2) is 9.78 Å². The van der Waals surface area contributed by atoms with Crippen molar-refractivity contribution in [2.75, 3.05) is 5.32 Å². The summed E-state index contributed by atoms with van der Waals surface area (Å²) in [6.07, 6.45) is -2.80. The number of nitro benzene ring substituents is 1. The maximum absolute atomic E-state index is 13.1. The summed E-state index contributed by atoms with van der Waals surface area (Å²) in [6.45, 7) is 1.14. The standard InChI is InChI=1S/C15H11F3N4O5/c1-8(27-14(24)12-7-19-4-5-20-12)13(23)21-11-3-2-9(22(25)26)6-10(11)15(16,17)18/h2-8H,1H3,(H,21,23)/t8-/m1/s1. The van der Waals surface area contributed by atoms with Crippen molar-refractivity contribution in [1.29, 1.82) is 0 Å². The van der Waals surface area contributed by atoms with Crippen LogP contribution in [0.1, 0.15) is 23.0 Å². The first-order valence-corrected chi connectivity index (χ1v) is 7.23. The number of non-ortho nitro benzene ring substituents is 1. The van der Waals surface area contributed by atoms with E-state index in [9.17, 15) is 32.9 Å². The number of hydrogen-bond donors (Lipinski definition) is 1. The first-order chi connectivity index (χ1) is 12.6. The third-order valence-electron chi connectivity index (χ3n) is 3.20. The molecular formula is C15H11F3N4O5. The summed E-state index contributed by atoms with van der Waals surface area (Å²) >= 11 is 0. The molecule has 1 N–H and O–H groups in total. The second-order valence-corrected chi connectivity index (χ2v) is 5.11. The number of nitrogens with one attached hydrogen (secondary N) is 1. The largest absolute Gasteiger partial charge is 0.448 e. The van der Waals surface area contributed by atoms with Crippen LogP contribution in [0.15, 0.2) is 36.8 Å². The van der Waals surface area contributed by atoms with Crippen molar-refractivity contribution < 1.29 is 32.4 Å². The first kappa shape index (κ1) is 19.8. The second kappa shape index (κ2) is 7.76. The molecule has 0 saturated heterocycles. The number of alkyl halides is 3. The van der Waals surface area contributed by atoms with Gasteiger partial charge >= 0.3 is 12.1 Å². The van der Waals surface area contributed by atoms with Crippen molar-refractivity contribution in [3.8, 4) is 0 Å². The normalized spacial score (nSPS) is 12.1. The van der Waals surface area contributed by atoms with Gasteiger partial charge in [-0.3, -0.25) is 19.9 Å². The highest BCUT2D eigenvalue weighted by atomic mass is 19.4. The Morgan fingerprint density at radius 3 is 2.56 bits per heavy atom. The molecule has 0 spiro atoms. The van der Waals surface area contributed by atoms with E-state index in [2.05, 4.69) is 9.97 Å². The van der Waals surface area contributed by atoms with Gasteiger partial charge in [0.25, 0.3) is 11.6 Å². The quantitative estimate of drug-likeness (QED) is 0.477. The summed E-state index contributed by atoms with van der Waals surface area (Å²) in [5.74, 6) is -2.06. The molecular weight excluding hydrogens is 373 g/mol. The molecule has 0 aliphatic rings. The van der Waals surface area contributed by atoms with Crippen LogP contribution in [0.3, 0.4) is 0 Å². The van der Waals surface area contributed by atoms with E-state index < -0.39 is 46.0 Å². The smallest absolute Gasteiger partial charge is 0.418 e. The summed E-state index contributed by atoms with van der Waals surface area (Å²) in [5, 5.41) is 12.6. The maximum atomic E-state index is 13.1. The fourth-order valence-corrected chi connectivity index (χ4v) is 1.90. The average Bonchev–Trinajstić information content (AvgIpc) is 2.61.